The van der Waals surface area contributed by atoms with Gasteiger partial charge < -0.3 is 15.5 Å². The first kappa shape index (κ1) is 16.8. The van der Waals surface area contributed by atoms with Crippen LogP contribution in [-0.2, 0) is 4.79 Å². The summed E-state index contributed by atoms with van der Waals surface area (Å²) in [6.07, 6.45) is 3.53. The fraction of sp³-hybridized carbons (Fsp3) is 0.929. The third-order valence-corrected chi connectivity index (χ3v) is 5.24. The van der Waals surface area contributed by atoms with Crippen LogP contribution < -0.4 is 10.6 Å². The first-order chi connectivity index (χ1) is 9.13. The summed E-state index contributed by atoms with van der Waals surface area (Å²) in [6.45, 7) is 8.29. The van der Waals surface area contributed by atoms with Gasteiger partial charge in [0, 0.05) is 24.4 Å². The van der Waals surface area contributed by atoms with E-state index >= 15 is 0 Å². The Kier molecular flexibility index (Phi) is 8.50. The standard InChI is InChI=1S/C14H29N3OS/c1-4-12(2)17(3)10-9-16-14(18)11-19-13-5-7-15-8-6-13/h12-13,15H,4-11H2,1-3H3,(H,16,18). The third-order valence-electron chi connectivity index (χ3n) is 3.87. The van der Waals surface area contributed by atoms with Crippen molar-refractivity contribution in [3.8, 4) is 0 Å². The maximum Gasteiger partial charge on any atom is 0.230 e. The molecule has 112 valence electrons. The van der Waals surface area contributed by atoms with Crippen molar-refractivity contribution >= 4 is 17.7 Å². The van der Waals surface area contributed by atoms with E-state index in [4.69, 9.17) is 0 Å². The lowest BCUT2D eigenvalue weighted by Crippen LogP contribution is -2.38. The molecule has 1 atom stereocenters. The molecule has 1 unspecified atom stereocenters. The van der Waals surface area contributed by atoms with E-state index in [9.17, 15) is 4.79 Å². The highest BCUT2D eigenvalue weighted by molar-refractivity contribution is 8.00. The molecule has 0 saturated carbocycles. The van der Waals surface area contributed by atoms with Gasteiger partial charge in [-0.1, -0.05) is 6.92 Å². The zero-order valence-electron chi connectivity index (χ0n) is 12.6. The molecule has 0 aromatic heterocycles. The van der Waals surface area contributed by atoms with Crippen LogP contribution in [0.5, 0.6) is 0 Å². The lowest BCUT2D eigenvalue weighted by molar-refractivity contribution is -0.118. The van der Waals surface area contributed by atoms with Crippen LogP contribution in [0.1, 0.15) is 33.1 Å². The van der Waals surface area contributed by atoms with Crippen LogP contribution in [0.15, 0.2) is 0 Å². The molecule has 19 heavy (non-hydrogen) atoms. The molecule has 1 aliphatic heterocycles. The minimum Gasteiger partial charge on any atom is -0.354 e. The number of thioether (sulfide) groups is 1. The van der Waals surface area contributed by atoms with Gasteiger partial charge in [0.2, 0.25) is 5.91 Å². The second-order valence-corrected chi connectivity index (χ2v) is 6.64. The maximum atomic E-state index is 11.7. The van der Waals surface area contributed by atoms with Gasteiger partial charge in [0.1, 0.15) is 0 Å². The number of rotatable bonds is 8. The van der Waals surface area contributed by atoms with E-state index in [0.29, 0.717) is 17.0 Å². The predicted octanol–water partition coefficient (Wildman–Crippen LogP) is 1.32. The van der Waals surface area contributed by atoms with Crippen molar-refractivity contribution in [2.75, 3.05) is 39.0 Å². The number of piperidine rings is 1. The van der Waals surface area contributed by atoms with E-state index in [1.807, 2.05) is 11.8 Å². The monoisotopic (exact) mass is 287 g/mol. The van der Waals surface area contributed by atoms with Crippen LogP contribution in [0.25, 0.3) is 0 Å². The maximum absolute atomic E-state index is 11.7. The first-order valence-electron chi connectivity index (χ1n) is 7.42. The molecule has 5 heteroatoms. The van der Waals surface area contributed by atoms with Gasteiger partial charge >= 0.3 is 0 Å². The average molecular weight is 287 g/mol. The fourth-order valence-corrected chi connectivity index (χ4v) is 3.17. The zero-order valence-corrected chi connectivity index (χ0v) is 13.4. The van der Waals surface area contributed by atoms with E-state index in [2.05, 4.69) is 36.4 Å². The van der Waals surface area contributed by atoms with Crippen LogP contribution in [0.4, 0.5) is 0 Å². The Morgan fingerprint density at radius 2 is 2.16 bits per heavy atom. The summed E-state index contributed by atoms with van der Waals surface area (Å²) in [5, 5.41) is 7.02. The van der Waals surface area contributed by atoms with Gasteiger partial charge in [-0.05, 0) is 46.3 Å². The van der Waals surface area contributed by atoms with E-state index in [1.165, 1.54) is 12.8 Å². The smallest absolute Gasteiger partial charge is 0.230 e. The van der Waals surface area contributed by atoms with Gasteiger partial charge in [0.05, 0.1) is 5.75 Å². The van der Waals surface area contributed by atoms with Crippen LogP contribution in [0.2, 0.25) is 0 Å². The van der Waals surface area contributed by atoms with Crippen LogP contribution in [-0.4, -0.2) is 61.1 Å². The highest BCUT2D eigenvalue weighted by Gasteiger charge is 2.14. The minimum atomic E-state index is 0.182. The molecule has 1 fully saturated rings. The Morgan fingerprint density at radius 3 is 2.79 bits per heavy atom. The molecule has 1 heterocycles. The molecule has 0 aromatic carbocycles. The van der Waals surface area contributed by atoms with Gasteiger partial charge in [-0.2, -0.15) is 0 Å². The number of amides is 1. The number of nitrogens with one attached hydrogen (secondary N) is 2. The SMILES string of the molecule is CCC(C)N(C)CCNC(=O)CSC1CCNCC1. The molecular weight excluding hydrogens is 258 g/mol. The third kappa shape index (κ3) is 7.18. The zero-order chi connectivity index (χ0) is 14.1. The van der Waals surface area contributed by atoms with Crippen LogP contribution in [0.3, 0.4) is 0 Å². The summed E-state index contributed by atoms with van der Waals surface area (Å²) in [4.78, 5) is 14.0. The van der Waals surface area contributed by atoms with E-state index in [-0.39, 0.29) is 5.91 Å². The molecule has 1 amide bonds. The number of carbonyl (C=O) groups is 1. The van der Waals surface area contributed by atoms with Crippen LogP contribution >= 0.6 is 11.8 Å². The van der Waals surface area contributed by atoms with Crippen molar-refractivity contribution < 1.29 is 4.79 Å². The second kappa shape index (κ2) is 9.61. The quantitative estimate of drug-likeness (QED) is 0.707. The molecule has 0 bridgehead atoms. The number of hydrogen-bond donors (Lipinski definition) is 2. The van der Waals surface area contributed by atoms with Gasteiger partial charge in [0.15, 0.2) is 0 Å². The van der Waals surface area contributed by atoms with Crippen molar-refractivity contribution in [3.63, 3.8) is 0 Å². The van der Waals surface area contributed by atoms with Gasteiger partial charge in [-0.3, -0.25) is 4.79 Å². The van der Waals surface area contributed by atoms with Crippen molar-refractivity contribution in [2.24, 2.45) is 0 Å². The highest BCUT2D eigenvalue weighted by atomic mass is 32.2. The lowest BCUT2D eigenvalue weighted by Gasteiger charge is -2.24. The summed E-state index contributed by atoms with van der Waals surface area (Å²) in [6, 6.07) is 0.584. The Labute approximate surface area is 122 Å². The minimum absolute atomic E-state index is 0.182. The molecule has 0 radical (unpaired) electrons. The molecule has 0 aromatic rings. The largest absolute Gasteiger partial charge is 0.354 e. The van der Waals surface area contributed by atoms with Crippen LogP contribution in [0, 0.1) is 0 Å². The van der Waals surface area contributed by atoms with Gasteiger partial charge in [-0.25, -0.2) is 0 Å². The average Bonchev–Trinajstić information content (AvgIpc) is 2.45. The van der Waals surface area contributed by atoms with Crippen molar-refractivity contribution in [2.45, 2.75) is 44.4 Å². The Balaban J connectivity index is 2.04. The molecule has 4 nitrogen and oxygen atoms in total. The molecular formula is C14H29N3OS. The Hall–Kier alpha value is -0.260. The predicted molar refractivity (Wildman–Crippen MR) is 83.7 cm³/mol. The summed E-state index contributed by atoms with van der Waals surface area (Å²) in [7, 11) is 2.12. The number of hydrogen-bond acceptors (Lipinski definition) is 4. The Bertz CT molecular complexity index is 257. The summed E-state index contributed by atoms with van der Waals surface area (Å²) >= 11 is 1.81. The number of likely N-dealkylation sites (N-methyl/N-ethyl adjacent to an activating group) is 1. The molecule has 0 spiro atoms. The first-order valence-corrected chi connectivity index (χ1v) is 8.47. The van der Waals surface area contributed by atoms with E-state index in [0.717, 1.165) is 32.6 Å². The highest BCUT2D eigenvalue weighted by Crippen LogP contribution is 2.19. The normalized spacial score (nSPS) is 18.5. The van der Waals surface area contributed by atoms with E-state index < -0.39 is 0 Å². The topological polar surface area (TPSA) is 44.4 Å². The number of carbonyl (C=O) groups excluding carboxylic acids is 1. The summed E-state index contributed by atoms with van der Waals surface area (Å²) in [5.74, 6) is 0.790. The van der Waals surface area contributed by atoms with Gasteiger partial charge in [0.25, 0.3) is 0 Å². The molecule has 1 aliphatic rings. The molecule has 0 aliphatic carbocycles. The fourth-order valence-electron chi connectivity index (χ4n) is 2.11. The lowest BCUT2D eigenvalue weighted by atomic mass is 10.2. The Morgan fingerprint density at radius 1 is 1.47 bits per heavy atom. The number of nitrogens with zero attached hydrogens (tertiary/aromatic N) is 1. The molecule has 1 rings (SSSR count). The van der Waals surface area contributed by atoms with Crippen molar-refractivity contribution in [3.05, 3.63) is 0 Å². The summed E-state index contributed by atoms with van der Waals surface area (Å²) < 4.78 is 0. The van der Waals surface area contributed by atoms with E-state index in [1.54, 1.807) is 0 Å². The van der Waals surface area contributed by atoms with Crippen molar-refractivity contribution in [1.29, 1.82) is 0 Å². The van der Waals surface area contributed by atoms with Gasteiger partial charge in [-0.15, -0.1) is 11.8 Å². The molecule has 2 N–H and O–H groups in total. The summed E-state index contributed by atoms with van der Waals surface area (Å²) in [5.41, 5.74) is 0. The second-order valence-electron chi connectivity index (χ2n) is 5.35. The molecule has 1 saturated heterocycles. The van der Waals surface area contributed by atoms with Crippen molar-refractivity contribution in [1.82, 2.24) is 15.5 Å².